The molecule has 0 saturated heterocycles. The molecule has 1 aromatic carbocycles. The third kappa shape index (κ3) is 2.94. The van der Waals surface area contributed by atoms with Crippen molar-refractivity contribution in [3.8, 4) is 0 Å². The quantitative estimate of drug-likeness (QED) is 0.852. The van der Waals surface area contributed by atoms with Crippen LogP contribution in [-0.2, 0) is 0 Å². The van der Waals surface area contributed by atoms with E-state index >= 15 is 0 Å². The first-order chi connectivity index (χ1) is 8.11. The Hall–Kier alpha value is -1.16. The van der Waals surface area contributed by atoms with E-state index in [1.807, 2.05) is 0 Å². The van der Waals surface area contributed by atoms with Gasteiger partial charge in [-0.1, -0.05) is 25.3 Å². The standard InChI is InChI=1S/C13H17F2NO/c14-10-5-4-6-11(15)12(10)16-9-13(17)7-2-1-3-8-13/h4-6,16-17H,1-3,7-9H2. The minimum Gasteiger partial charge on any atom is -0.388 e. The predicted octanol–water partition coefficient (Wildman–Crippen LogP) is 3.07. The average Bonchev–Trinajstić information content (AvgIpc) is 2.29. The Kier molecular flexibility index (Phi) is 3.62. The van der Waals surface area contributed by atoms with Gasteiger partial charge >= 0.3 is 0 Å². The van der Waals surface area contributed by atoms with Gasteiger partial charge in [-0.05, 0) is 25.0 Å². The summed E-state index contributed by atoms with van der Waals surface area (Å²) in [4.78, 5) is 0. The molecule has 2 N–H and O–H groups in total. The number of halogens is 2. The maximum atomic E-state index is 13.3. The minimum atomic E-state index is -0.826. The topological polar surface area (TPSA) is 32.3 Å². The molecule has 1 fully saturated rings. The minimum absolute atomic E-state index is 0.147. The molecule has 0 amide bonds. The van der Waals surface area contributed by atoms with E-state index in [0.717, 1.165) is 19.3 Å². The van der Waals surface area contributed by atoms with Crippen LogP contribution < -0.4 is 5.32 Å². The normalized spacial score (nSPS) is 19.0. The second-order valence-corrected chi connectivity index (χ2v) is 4.74. The lowest BCUT2D eigenvalue weighted by molar-refractivity contribution is 0.0166. The van der Waals surface area contributed by atoms with Gasteiger partial charge in [0, 0.05) is 6.54 Å². The summed E-state index contributed by atoms with van der Waals surface area (Å²) in [6, 6.07) is 3.73. The molecule has 0 atom stereocenters. The third-order valence-electron chi connectivity index (χ3n) is 3.34. The SMILES string of the molecule is OC1(CNc2c(F)cccc2F)CCCCC1. The summed E-state index contributed by atoms with van der Waals surface area (Å²) in [6.07, 6.45) is 4.44. The third-order valence-corrected chi connectivity index (χ3v) is 3.34. The van der Waals surface area contributed by atoms with Crippen molar-refractivity contribution < 1.29 is 13.9 Å². The highest BCUT2D eigenvalue weighted by atomic mass is 19.1. The summed E-state index contributed by atoms with van der Waals surface area (Å²) in [7, 11) is 0. The monoisotopic (exact) mass is 241 g/mol. The number of aliphatic hydroxyl groups is 1. The van der Waals surface area contributed by atoms with Gasteiger partial charge in [-0.3, -0.25) is 0 Å². The highest BCUT2D eigenvalue weighted by Gasteiger charge is 2.29. The molecule has 0 aliphatic heterocycles. The van der Waals surface area contributed by atoms with E-state index in [0.29, 0.717) is 12.8 Å². The van der Waals surface area contributed by atoms with Crippen LogP contribution in [0.3, 0.4) is 0 Å². The lowest BCUT2D eigenvalue weighted by Crippen LogP contribution is -2.39. The van der Waals surface area contributed by atoms with Gasteiger partial charge in [-0.15, -0.1) is 0 Å². The van der Waals surface area contributed by atoms with Crippen LogP contribution in [-0.4, -0.2) is 17.3 Å². The number of nitrogens with one attached hydrogen (secondary N) is 1. The summed E-state index contributed by atoms with van der Waals surface area (Å²) in [5.41, 5.74) is -0.973. The van der Waals surface area contributed by atoms with Crippen LogP contribution in [0.1, 0.15) is 32.1 Å². The molecule has 0 spiro atoms. The van der Waals surface area contributed by atoms with E-state index in [-0.39, 0.29) is 12.2 Å². The van der Waals surface area contributed by atoms with Crippen molar-refractivity contribution >= 4 is 5.69 Å². The Morgan fingerprint density at radius 3 is 2.29 bits per heavy atom. The lowest BCUT2D eigenvalue weighted by Gasteiger charge is -2.32. The van der Waals surface area contributed by atoms with E-state index in [1.165, 1.54) is 18.2 Å². The van der Waals surface area contributed by atoms with Crippen LogP contribution >= 0.6 is 0 Å². The van der Waals surface area contributed by atoms with Crippen molar-refractivity contribution in [3.05, 3.63) is 29.8 Å². The molecule has 94 valence electrons. The van der Waals surface area contributed by atoms with E-state index in [1.54, 1.807) is 0 Å². The molecular weight excluding hydrogens is 224 g/mol. The van der Waals surface area contributed by atoms with Gasteiger partial charge in [0.2, 0.25) is 0 Å². The number of rotatable bonds is 3. The second-order valence-electron chi connectivity index (χ2n) is 4.74. The molecule has 2 rings (SSSR count). The fourth-order valence-corrected chi connectivity index (χ4v) is 2.31. The number of benzene rings is 1. The first kappa shape index (κ1) is 12.3. The summed E-state index contributed by atoms with van der Waals surface area (Å²) in [5.74, 6) is -1.24. The average molecular weight is 241 g/mol. The largest absolute Gasteiger partial charge is 0.388 e. The van der Waals surface area contributed by atoms with Crippen LogP contribution in [0, 0.1) is 11.6 Å². The van der Waals surface area contributed by atoms with Crippen LogP contribution in [0.25, 0.3) is 0 Å². The van der Waals surface area contributed by atoms with Crippen LogP contribution in [0.15, 0.2) is 18.2 Å². The zero-order chi connectivity index (χ0) is 12.3. The molecule has 1 aromatic rings. The summed E-state index contributed by atoms with van der Waals surface area (Å²) in [5, 5.41) is 12.9. The molecule has 0 unspecified atom stereocenters. The molecule has 1 saturated carbocycles. The zero-order valence-electron chi connectivity index (χ0n) is 9.68. The Bertz CT molecular complexity index is 369. The van der Waals surface area contributed by atoms with Gasteiger partial charge in [-0.25, -0.2) is 8.78 Å². The molecule has 1 aliphatic carbocycles. The molecule has 1 aliphatic rings. The van der Waals surface area contributed by atoms with Crippen LogP contribution in [0.5, 0.6) is 0 Å². The van der Waals surface area contributed by atoms with Gasteiger partial charge in [-0.2, -0.15) is 0 Å². The van der Waals surface area contributed by atoms with Gasteiger partial charge in [0.15, 0.2) is 0 Å². The van der Waals surface area contributed by atoms with Gasteiger partial charge in [0.1, 0.15) is 17.3 Å². The molecule has 2 nitrogen and oxygen atoms in total. The number of hydrogen-bond acceptors (Lipinski definition) is 2. The Morgan fingerprint density at radius 2 is 1.71 bits per heavy atom. The summed E-state index contributed by atoms with van der Waals surface area (Å²) >= 11 is 0. The molecule has 0 aromatic heterocycles. The Balaban J connectivity index is 2.02. The molecule has 0 heterocycles. The van der Waals surface area contributed by atoms with Gasteiger partial charge in [0.25, 0.3) is 0 Å². The van der Waals surface area contributed by atoms with Crippen molar-refractivity contribution in [2.75, 3.05) is 11.9 Å². The molecule has 0 bridgehead atoms. The Labute approximate surface area is 99.7 Å². The predicted molar refractivity (Wildman–Crippen MR) is 62.9 cm³/mol. The lowest BCUT2D eigenvalue weighted by atomic mass is 9.85. The fourth-order valence-electron chi connectivity index (χ4n) is 2.31. The van der Waals surface area contributed by atoms with Crippen LogP contribution in [0.4, 0.5) is 14.5 Å². The molecule has 0 radical (unpaired) electrons. The first-order valence-corrected chi connectivity index (χ1v) is 6.01. The van der Waals surface area contributed by atoms with Crippen molar-refractivity contribution in [2.24, 2.45) is 0 Å². The second kappa shape index (κ2) is 5.00. The Morgan fingerprint density at radius 1 is 1.12 bits per heavy atom. The molecular formula is C13H17F2NO. The molecule has 4 heteroatoms. The van der Waals surface area contributed by atoms with Crippen molar-refractivity contribution in [1.82, 2.24) is 0 Å². The maximum absolute atomic E-state index is 13.3. The fraction of sp³-hybridized carbons (Fsp3) is 0.538. The zero-order valence-corrected chi connectivity index (χ0v) is 9.68. The van der Waals surface area contributed by atoms with Crippen molar-refractivity contribution in [2.45, 2.75) is 37.7 Å². The highest BCUT2D eigenvalue weighted by Crippen LogP contribution is 2.29. The highest BCUT2D eigenvalue weighted by molar-refractivity contribution is 5.46. The van der Waals surface area contributed by atoms with Crippen molar-refractivity contribution in [1.29, 1.82) is 0 Å². The first-order valence-electron chi connectivity index (χ1n) is 6.01. The van der Waals surface area contributed by atoms with E-state index in [9.17, 15) is 13.9 Å². The van der Waals surface area contributed by atoms with Gasteiger partial charge in [0.05, 0.1) is 5.60 Å². The number of anilines is 1. The molecule has 17 heavy (non-hydrogen) atoms. The smallest absolute Gasteiger partial charge is 0.149 e. The summed E-state index contributed by atoms with van der Waals surface area (Å²) < 4.78 is 26.7. The number of hydrogen-bond donors (Lipinski definition) is 2. The number of para-hydroxylation sites is 1. The van der Waals surface area contributed by atoms with Crippen molar-refractivity contribution in [3.63, 3.8) is 0 Å². The van der Waals surface area contributed by atoms with E-state index < -0.39 is 17.2 Å². The van der Waals surface area contributed by atoms with Crippen LogP contribution in [0.2, 0.25) is 0 Å². The summed E-state index contributed by atoms with van der Waals surface area (Å²) in [6.45, 7) is 0.199. The van der Waals surface area contributed by atoms with E-state index in [4.69, 9.17) is 0 Å². The van der Waals surface area contributed by atoms with E-state index in [2.05, 4.69) is 5.32 Å². The van der Waals surface area contributed by atoms with Gasteiger partial charge < -0.3 is 10.4 Å². The maximum Gasteiger partial charge on any atom is 0.149 e.